The van der Waals surface area contributed by atoms with Crippen molar-refractivity contribution in [3.63, 3.8) is 0 Å². The van der Waals surface area contributed by atoms with Crippen molar-refractivity contribution in [1.82, 2.24) is 0 Å². The largest absolute Gasteiger partial charge is 0.394 e. The molecule has 14 nitrogen and oxygen atoms in total. The first-order chi connectivity index (χ1) is 18.4. The second-order valence-electron chi connectivity index (χ2n) is 9.75. The highest BCUT2D eigenvalue weighted by Gasteiger charge is 2.43. The minimum atomic E-state index is -1.61. The fraction of sp³-hybridized carbons (Fsp3) is 0.920. The van der Waals surface area contributed by atoms with Gasteiger partial charge in [0.15, 0.2) is 5.78 Å². The van der Waals surface area contributed by atoms with Crippen LogP contribution in [0.5, 0.6) is 0 Å². The Balaban J connectivity index is 2.65. The molecule has 0 radical (unpaired) electrons. The molecule has 0 aromatic heterocycles. The number of Topliss-reactive ketones (excluding diaryl/α,β-unsaturated/α-hetero) is 1. The van der Waals surface area contributed by atoms with Crippen LogP contribution in [0.1, 0.15) is 34.1 Å². The van der Waals surface area contributed by atoms with Crippen molar-refractivity contribution in [3.05, 3.63) is 0 Å². The molecule has 230 valence electrons. The number of carbonyl (C=O) groups is 1. The number of aliphatic hydroxyl groups is 8. The van der Waals surface area contributed by atoms with E-state index in [2.05, 4.69) is 4.99 Å². The third-order valence-electron chi connectivity index (χ3n) is 6.93. The Bertz CT molecular complexity index is 726. The van der Waals surface area contributed by atoms with Crippen LogP contribution in [0.4, 0.5) is 0 Å². The highest BCUT2D eigenvalue weighted by molar-refractivity contribution is 5.90. The standard InChI is InChI=1S/C25H47NO13/c1-5-25(4,24(35)14(3)37-6-2)38-8-7-26-9-16(29)20(31)15(17(30)10-27)12-36-13-19-22(33)23(34)21(32)18(11-28)39-19/h9,14-23,27-34H,5-8,10-13H2,1-4H3/t14?,15-,16?,17?,18?,19-,20?,21+,22?,23?,25?/m1/s1. The molecule has 1 heterocycles. The molecule has 0 aromatic rings. The van der Waals surface area contributed by atoms with Crippen molar-refractivity contribution in [2.24, 2.45) is 10.9 Å². The van der Waals surface area contributed by atoms with Crippen molar-refractivity contribution in [2.75, 3.05) is 46.2 Å². The lowest BCUT2D eigenvalue weighted by atomic mass is 9.93. The summed E-state index contributed by atoms with van der Waals surface area (Å²) in [7, 11) is 0. The van der Waals surface area contributed by atoms with Crippen LogP contribution in [0.3, 0.4) is 0 Å². The molecular weight excluding hydrogens is 522 g/mol. The first-order valence-electron chi connectivity index (χ1n) is 13.2. The Hall–Kier alpha value is -1.14. The number of aliphatic imine (C=N–C) groups is 1. The summed E-state index contributed by atoms with van der Waals surface area (Å²) in [6.45, 7) is 5.35. The Morgan fingerprint density at radius 1 is 1.08 bits per heavy atom. The van der Waals surface area contributed by atoms with E-state index in [-0.39, 0.29) is 32.1 Å². The van der Waals surface area contributed by atoms with Crippen molar-refractivity contribution in [2.45, 2.75) is 94.7 Å². The summed E-state index contributed by atoms with van der Waals surface area (Å²) >= 11 is 0. The van der Waals surface area contributed by atoms with Crippen LogP contribution in [-0.4, -0.2) is 160 Å². The molecular formula is C25H47NO13. The minimum Gasteiger partial charge on any atom is -0.394 e. The molecule has 0 spiro atoms. The Morgan fingerprint density at radius 3 is 2.28 bits per heavy atom. The van der Waals surface area contributed by atoms with Crippen molar-refractivity contribution < 1.29 is 64.6 Å². The summed E-state index contributed by atoms with van der Waals surface area (Å²) in [6, 6.07) is 0. The fourth-order valence-corrected chi connectivity index (χ4v) is 4.16. The topological polar surface area (TPSA) is 228 Å². The third kappa shape index (κ3) is 10.3. The van der Waals surface area contributed by atoms with E-state index in [1.807, 2.05) is 6.92 Å². The Kier molecular flexibility index (Phi) is 16.2. The molecule has 1 fully saturated rings. The SMILES string of the molecule is CCOC(C)C(=O)C(C)(CC)OCCN=CC(O)C(O)[C@H](COC[C@H]1OC(CO)[C@H](O)C(O)C1O)C(O)CO. The molecule has 0 aliphatic carbocycles. The van der Waals surface area contributed by atoms with Gasteiger partial charge in [0.25, 0.3) is 0 Å². The number of hydrogen-bond donors (Lipinski definition) is 8. The van der Waals surface area contributed by atoms with Gasteiger partial charge in [-0.15, -0.1) is 0 Å². The van der Waals surface area contributed by atoms with E-state index in [0.717, 1.165) is 6.21 Å². The van der Waals surface area contributed by atoms with Crippen LogP contribution in [0.25, 0.3) is 0 Å². The molecule has 0 aromatic carbocycles. The third-order valence-corrected chi connectivity index (χ3v) is 6.93. The Labute approximate surface area is 228 Å². The molecule has 1 aliphatic rings. The number of hydrogen-bond acceptors (Lipinski definition) is 14. The van der Waals surface area contributed by atoms with Gasteiger partial charge in [-0.3, -0.25) is 9.79 Å². The van der Waals surface area contributed by atoms with Gasteiger partial charge in [0.05, 0.1) is 51.8 Å². The zero-order valence-electron chi connectivity index (χ0n) is 23.1. The van der Waals surface area contributed by atoms with Crippen LogP contribution < -0.4 is 0 Å². The molecule has 0 bridgehead atoms. The van der Waals surface area contributed by atoms with E-state index in [4.69, 9.17) is 18.9 Å². The zero-order valence-corrected chi connectivity index (χ0v) is 23.1. The normalized spacial score (nSPS) is 29.5. The van der Waals surface area contributed by atoms with Crippen LogP contribution in [0.2, 0.25) is 0 Å². The van der Waals surface area contributed by atoms with E-state index in [0.29, 0.717) is 13.0 Å². The van der Waals surface area contributed by atoms with Crippen molar-refractivity contribution in [3.8, 4) is 0 Å². The summed E-state index contributed by atoms with van der Waals surface area (Å²) in [5.74, 6) is -1.38. The van der Waals surface area contributed by atoms with E-state index in [1.165, 1.54) is 0 Å². The van der Waals surface area contributed by atoms with Gasteiger partial charge in [-0.2, -0.15) is 0 Å². The molecule has 1 aliphatic heterocycles. The second-order valence-corrected chi connectivity index (χ2v) is 9.75. The number of aliphatic hydroxyl groups excluding tert-OH is 8. The monoisotopic (exact) mass is 569 g/mol. The van der Waals surface area contributed by atoms with Crippen molar-refractivity contribution in [1.29, 1.82) is 0 Å². The van der Waals surface area contributed by atoms with Crippen LogP contribution in [0.15, 0.2) is 4.99 Å². The predicted octanol–water partition coefficient (Wildman–Crippen LogP) is -3.21. The molecule has 8 unspecified atom stereocenters. The maximum Gasteiger partial charge on any atom is 0.192 e. The molecule has 8 N–H and O–H groups in total. The van der Waals surface area contributed by atoms with E-state index < -0.39 is 79.7 Å². The number of ketones is 1. The number of ether oxygens (including phenoxy) is 4. The first-order valence-corrected chi connectivity index (χ1v) is 13.2. The summed E-state index contributed by atoms with van der Waals surface area (Å²) in [5.41, 5.74) is -1.07. The number of rotatable bonds is 19. The highest BCUT2D eigenvalue weighted by Crippen LogP contribution is 2.23. The lowest BCUT2D eigenvalue weighted by Gasteiger charge is -2.40. The first kappa shape index (κ1) is 35.9. The molecule has 11 atom stereocenters. The molecule has 0 amide bonds. The lowest BCUT2D eigenvalue weighted by molar-refractivity contribution is -0.240. The van der Waals surface area contributed by atoms with E-state index in [1.54, 1.807) is 20.8 Å². The quantitative estimate of drug-likeness (QED) is 0.0566. The van der Waals surface area contributed by atoms with Crippen molar-refractivity contribution >= 4 is 12.0 Å². The predicted molar refractivity (Wildman–Crippen MR) is 137 cm³/mol. The smallest absolute Gasteiger partial charge is 0.192 e. The molecule has 1 saturated heterocycles. The maximum absolute atomic E-state index is 12.6. The van der Waals surface area contributed by atoms with Gasteiger partial charge in [-0.1, -0.05) is 6.92 Å². The van der Waals surface area contributed by atoms with Crippen LogP contribution in [0, 0.1) is 5.92 Å². The summed E-state index contributed by atoms with van der Waals surface area (Å²) < 4.78 is 21.9. The average Bonchev–Trinajstić information content (AvgIpc) is 2.93. The van der Waals surface area contributed by atoms with Gasteiger partial charge in [0, 0.05) is 18.7 Å². The van der Waals surface area contributed by atoms with Gasteiger partial charge in [0.1, 0.15) is 48.3 Å². The summed E-state index contributed by atoms with van der Waals surface area (Å²) in [4.78, 5) is 16.6. The zero-order chi connectivity index (χ0) is 29.8. The van der Waals surface area contributed by atoms with E-state index in [9.17, 15) is 45.6 Å². The number of carbonyl (C=O) groups excluding carboxylic acids is 1. The summed E-state index contributed by atoms with van der Waals surface area (Å²) in [5, 5.41) is 79.6. The molecule has 39 heavy (non-hydrogen) atoms. The van der Waals surface area contributed by atoms with Gasteiger partial charge in [-0.05, 0) is 27.2 Å². The molecule has 14 heteroatoms. The van der Waals surface area contributed by atoms with Crippen LogP contribution in [-0.2, 0) is 23.7 Å². The highest BCUT2D eigenvalue weighted by atomic mass is 16.6. The van der Waals surface area contributed by atoms with E-state index >= 15 is 0 Å². The van der Waals surface area contributed by atoms with Gasteiger partial charge >= 0.3 is 0 Å². The Morgan fingerprint density at radius 2 is 1.72 bits per heavy atom. The lowest BCUT2D eigenvalue weighted by Crippen LogP contribution is -2.59. The molecule has 1 rings (SSSR count). The van der Waals surface area contributed by atoms with Crippen LogP contribution >= 0.6 is 0 Å². The van der Waals surface area contributed by atoms with Gasteiger partial charge in [0.2, 0.25) is 0 Å². The van der Waals surface area contributed by atoms with Gasteiger partial charge < -0.3 is 59.8 Å². The minimum absolute atomic E-state index is 0.0547. The van der Waals surface area contributed by atoms with Gasteiger partial charge in [-0.25, -0.2) is 0 Å². The number of nitrogens with zero attached hydrogens (tertiary/aromatic N) is 1. The molecule has 0 saturated carbocycles. The second kappa shape index (κ2) is 17.6. The average molecular weight is 570 g/mol. The summed E-state index contributed by atoms with van der Waals surface area (Å²) in [6.07, 6.45) is -10.7. The fourth-order valence-electron chi connectivity index (χ4n) is 4.16. The maximum atomic E-state index is 12.6.